The number of hydrogen-bond acceptors (Lipinski definition) is 8. The largest absolute Gasteiger partial charge is 0.394 e. The van der Waals surface area contributed by atoms with Gasteiger partial charge in [-0.3, -0.25) is 0 Å². The van der Waals surface area contributed by atoms with Gasteiger partial charge in [-0.15, -0.1) is 0 Å². The van der Waals surface area contributed by atoms with E-state index < -0.39 is 24.4 Å². The van der Waals surface area contributed by atoms with E-state index in [4.69, 9.17) is 9.84 Å². The fraction of sp³-hybridized carbons (Fsp3) is 0.778. The number of aromatic nitrogens is 2. The Labute approximate surface area is 102 Å². The van der Waals surface area contributed by atoms with Crippen molar-refractivity contribution in [3.05, 3.63) is 5.82 Å². The molecule has 1 aliphatic rings. The molecule has 2 heterocycles. The summed E-state index contributed by atoms with van der Waals surface area (Å²) in [5, 5.41) is 32.0. The van der Waals surface area contributed by atoms with Crippen LogP contribution in [0, 0.1) is 6.92 Å². The molecule has 0 bridgehead atoms. The van der Waals surface area contributed by atoms with Crippen molar-refractivity contribution in [2.24, 2.45) is 0 Å². The van der Waals surface area contributed by atoms with Crippen LogP contribution in [0.2, 0.25) is 0 Å². The average molecular weight is 261 g/mol. The zero-order valence-electron chi connectivity index (χ0n) is 9.28. The zero-order valence-corrected chi connectivity index (χ0v) is 10.1. The summed E-state index contributed by atoms with van der Waals surface area (Å²) in [6.45, 7) is 1.65. The van der Waals surface area contributed by atoms with Crippen molar-refractivity contribution >= 4 is 16.7 Å². The number of ether oxygens (including phenoxy) is 1. The number of anilines is 1. The van der Waals surface area contributed by atoms with Gasteiger partial charge in [-0.2, -0.15) is 4.37 Å². The molecule has 0 aromatic carbocycles. The Balaban J connectivity index is 1.98. The predicted octanol–water partition coefficient (Wildman–Crippen LogP) is -1.26. The van der Waals surface area contributed by atoms with Crippen molar-refractivity contribution in [2.45, 2.75) is 31.3 Å². The topological polar surface area (TPSA) is 108 Å². The van der Waals surface area contributed by atoms with Crippen molar-refractivity contribution in [1.29, 1.82) is 0 Å². The molecule has 0 radical (unpaired) electrons. The molecule has 1 aliphatic heterocycles. The highest BCUT2D eigenvalue weighted by Gasteiger charge is 2.38. The molecule has 8 heteroatoms. The van der Waals surface area contributed by atoms with Gasteiger partial charge < -0.3 is 25.4 Å². The summed E-state index contributed by atoms with van der Waals surface area (Å²) in [4.78, 5) is 4.10. The van der Waals surface area contributed by atoms with E-state index >= 15 is 0 Å². The maximum Gasteiger partial charge on any atom is 0.202 e. The molecule has 4 N–H and O–H groups in total. The zero-order chi connectivity index (χ0) is 12.4. The highest BCUT2D eigenvalue weighted by molar-refractivity contribution is 7.09. The van der Waals surface area contributed by atoms with Gasteiger partial charge in [0.1, 0.15) is 24.1 Å². The number of nitrogens with zero attached hydrogens (tertiary/aromatic N) is 2. The monoisotopic (exact) mass is 261 g/mol. The molecule has 1 aromatic heterocycles. The molecule has 0 amide bonds. The van der Waals surface area contributed by atoms with Crippen LogP contribution in [0.1, 0.15) is 5.82 Å². The molecule has 1 aromatic rings. The first kappa shape index (κ1) is 12.7. The van der Waals surface area contributed by atoms with Gasteiger partial charge in [0.2, 0.25) is 5.13 Å². The lowest BCUT2D eigenvalue weighted by Gasteiger charge is -2.36. The van der Waals surface area contributed by atoms with Crippen LogP contribution in [0.3, 0.4) is 0 Å². The standard InChI is InChI=1S/C9H15N3O4S/c1-4-10-9(17-12-4)11-5-3-16-6(2-13)8(15)7(5)14/h5-8,13-15H,2-3H2,1H3,(H,10,11,12)/t5-,6+,7+,8-/m0/s1. The molecule has 2 rings (SSSR count). The maximum absolute atomic E-state index is 9.86. The minimum absolute atomic E-state index is 0.197. The molecule has 17 heavy (non-hydrogen) atoms. The Morgan fingerprint density at radius 2 is 2.24 bits per heavy atom. The summed E-state index contributed by atoms with van der Waals surface area (Å²) < 4.78 is 9.24. The second kappa shape index (κ2) is 5.23. The second-order valence-corrected chi connectivity index (χ2v) is 4.68. The minimum Gasteiger partial charge on any atom is -0.394 e. The van der Waals surface area contributed by atoms with Crippen LogP contribution in [-0.4, -0.2) is 62.2 Å². The van der Waals surface area contributed by atoms with Crippen LogP contribution in [0.5, 0.6) is 0 Å². The normalized spacial score (nSPS) is 33.6. The van der Waals surface area contributed by atoms with Crippen molar-refractivity contribution < 1.29 is 20.1 Å². The molecule has 7 nitrogen and oxygen atoms in total. The van der Waals surface area contributed by atoms with Crippen LogP contribution < -0.4 is 5.32 Å². The fourth-order valence-electron chi connectivity index (χ4n) is 1.68. The Hall–Kier alpha value is -0.800. The Bertz CT molecular complexity index is 375. The summed E-state index contributed by atoms with van der Waals surface area (Å²) in [6, 6.07) is -0.458. The summed E-state index contributed by atoms with van der Waals surface area (Å²) in [5.41, 5.74) is 0. The molecule has 0 saturated carbocycles. The number of aryl methyl sites for hydroxylation is 1. The SMILES string of the molecule is Cc1nsc(N[C@H]2CO[C@H](CO)[C@H](O)[C@@H]2O)n1. The first-order valence-corrected chi connectivity index (χ1v) is 6.04. The Morgan fingerprint density at radius 1 is 1.47 bits per heavy atom. The minimum atomic E-state index is -1.11. The van der Waals surface area contributed by atoms with E-state index in [1.807, 2.05) is 0 Å². The molecular weight excluding hydrogens is 246 g/mol. The first-order chi connectivity index (χ1) is 8.11. The van der Waals surface area contributed by atoms with Crippen LogP contribution in [0.25, 0.3) is 0 Å². The summed E-state index contributed by atoms with van der Waals surface area (Å²) in [5.74, 6) is 0.650. The number of rotatable bonds is 3. The molecule has 0 unspecified atom stereocenters. The lowest BCUT2D eigenvalue weighted by molar-refractivity contribution is -0.152. The van der Waals surface area contributed by atoms with Crippen LogP contribution in [-0.2, 0) is 4.74 Å². The van der Waals surface area contributed by atoms with E-state index in [1.54, 1.807) is 6.92 Å². The third-order valence-corrected chi connectivity index (χ3v) is 3.39. The highest BCUT2D eigenvalue weighted by atomic mass is 32.1. The van der Waals surface area contributed by atoms with Gasteiger partial charge in [-0.05, 0) is 6.92 Å². The van der Waals surface area contributed by atoms with E-state index in [-0.39, 0.29) is 13.2 Å². The smallest absolute Gasteiger partial charge is 0.202 e. The highest BCUT2D eigenvalue weighted by Crippen LogP contribution is 2.20. The van der Waals surface area contributed by atoms with Crippen molar-refractivity contribution in [3.8, 4) is 0 Å². The van der Waals surface area contributed by atoms with Crippen LogP contribution in [0.4, 0.5) is 5.13 Å². The van der Waals surface area contributed by atoms with Gasteiger partial charge in [-0.1, -0.05) is 0 Å². The third-order valence-electron chi connectivity index (χ3n) is 2.65. The molecular formula is C9H15N3O4S. The van der Waals surface area contributed by atoms with Crippen molar-refractivity contribution in [3.63, 3.8) is 0 Å². The third kappa shape index (κ3) is 2.72. The molecule has 0 aliphatic carbocycles. The average Bonchev–Trinajstić information content (AvgIpc) is 2.71. The van der Waals surface area contributed by atoms with Gasteiger partial charge in [-0.25, -0.2) is 4.98 Å². The van der Waals surface area contributed by atoms with Crippen molar-refractivity contribution in [2.75, 3.05) is 18.5 Å². The van der Waals surface area contributed by atoms with Crippen LogP contribution >= 0.6 is 11.5 Å². The fourth-order valence-corrected chi connectivity index (χ4v) is 2.32. The predicted molar refractivity (Wildman–Crippen MR) is 60.9 cm³/mol. The number of hydrogen-bond donors (Lipinski definition) is 4. The lowest BCUT2D eigenvalue weighted by Crippen LogP contribution is -2.56. The Morgan fingerprint density at radius 3 is 2.82 bits per heavy atom. The van der Waals surface area contributed by atoms with Gasteiger partial charge in [0.05, 0.1) is 19.3 Å². The lowest BCUT2D eigenvalue weighted by atomic mass is 9.99. The number of nitrogens with one attached hydrogen (secondary N) is 1. The van der Waals surface area contributed by atoms with E-state index in [1.165, 1.54) is 11.5 Å². The van der Waals surface area contributed by atoms with Crippen molar-refractivity contribution in [1.82, 2.24) is 9.36 Å². The van der Waals surface area contributed by atoms with E-state index in [2.05, 4.69) is 14.7 Å². The molecule has 1 fully saturated rings. The number of aliphatic hydroxyl groups excluding tert-OH is 3. The number of aliphatic hydroxyl groups is 3. The van der Waals surface area contributed by atoms with E-state index in [0.29, 0.717) is 11.0 Å². The van der Waals surface area contributed by atoms with Gasteiger partial charge in [0.15, 0.2) is 0 Å². The van der Waals surface area contributed by atoms with Gasteiger partial charge >= 0.3 is 0 Å². The quantitative estimate of drug-likeness (QED) is 0.538. The summed E-state index contributed by atoms with van der Waals surface area (Å²) >= 11 is 1.18. The molecule has 96 valence electrons. The molecule has 0 spiro atoms. The van der Waals surface area contributed by atoms with Gasteiger partial charge in [0, 0.05) is 11.5 Å². The van der Waals surface area contributed by atoms with E-state index in [9.17, 15) is 10.2 Å². The molecule has 1 saturated heterocycles. The van der Waals surface area contributed by atoms with Crippen LogP contribution in [0.15, 0.2) is 0 Å². The Kier molecular flexibility index (Phi) is 3.89. The van der Waals surface area contributed by atoms with Gasteiger partial charge in [0.25, 0.3) is 0 Å². The summed E-state index contributed by atoms with van der Waals surface area (Å²) in [7, 11) is 0. The summed E-state index contributed by atoms with van der Waals surface area (Å²) in [6.07, 6.45) is -2.86. The second-order valence-electron chi connectivity index (χ2n) is 3.93. The first-order valence-electron chi connectivity index (χ1n) is 5.27. The van der Waals surface area contributed by atoms with E-state index in [0.717, 1.165) is 0 Å². The molecule has 4 atom stereocenters. The maximum atomic E-state index is 9.86.